The monoisotopic (exact) mass is 175 g/mol. The van der Waals surface area contributed by atoms with Crippen LogP contribution in [0.1, 0.15) is 25.0 Å². The van der Waals surface area contributed by atoms with Crippen molar-refractivity contribution in [3.05, 3.63) is 30.1 Å². The Hall–Kier alpha value is -1.18. The number of hydrogen-bond acceptors (Lipinski definition) is 2. The predicted molar refractivity (Wildman–Crippen MR) is 50.3 cm³/mol. The molecule has 1 atom stereocenters. The Morgan fingerprint density at radius 1 is 1.46 bits per heavy atom. The first kappa shape index (κ1) is 8.42. The molecular weight excluding hydrogens is 162 g/mol. The summed E-state index contributed by atoms with van der Waals surface area (Å²) in [6.45, 7) is 0. The highest BCUT2D eigenvalue weighted by Crippen LogP contribution is 2.24. The van der Waals surface area contributed by atoms with Crippen LogP contribution in [0.4, 0.5) is 0 Å². The largest absolute Gasteiger partial charge is 0.299 e. The van der Waals surface area contributed by atoms with E-state index < -0.39 is 0 Å². The van der Waals surface area contributed by atoms with Crippen LogP contribution in [0.3, 0.4) is 0 Å². The molecule has 2 nitrogen and oxygen atoms in total. The summed E-state index contributed by atoms with van der Waals surface area (Å²) < 4.78 is 0. The van der Waals surface area contributed by atoms with Gasteiger partial charge < -0.3 is 0 Å². The summed E-state index contributed by atoms with van der Waals surface area (Å²) in [5.41, 5.74) is 1.04. The fraction of sp³-hybridized carbons (Fsp3) is 0.455. The molecule has 0 amide bonds. The maximum atomic E-state index is 11.4. The van der Waals surface area contributed by atoms with E-state index in [1.807, 2.05) is 18.2 Å². The molecule has 1 fully saturated rings. The fourth-order valence-electron chi connectivity index (χ4n) is 1.88. The van der Waals surface area contributed by atoms with Crippen molar-refractivity contribution in [3.8, 4) is 0 Å². The first-order valence-corrected chi connectivity index (χ1v) is 4.79. The van der Waals surface area contributed by atoms with Gasteiger partial charge in [-0.05, 0) is 31.4 Å². The van der Waals surface area contributed by atoms with Crippen molar-refractivity contribution < 1.29 is 4.79 Å². The molecule has 1 heterocycles. The number of nitrogens with zero attached hydrogens (tertiary/aromatic N) is 1. The summed E-state index contributed by atoms with van der Waals surface area (Å²) in [4.78, 5) is 15.6. The van der Waals surface area contributed by atoms with Gasteiger partial charge in [0, 0.05) is 24.2 Å². The summed E-state index contributed by atoms with van der Waals surface area (Å²) in [6, 6.07) is 5.87. The number of aromatic nitrogens is 1. The minimum Gasteiger partial charge on any atom is -0.299 e. The van der Waals surface area contributed by atoms with E-state index >= 15 is 0 Å². The van der Waals surface area contributed by atoms with Gasteiger partial charge in [0.05, 0.1) is 0 Å². The van der Waals surface area contributed by atoms with Crippen molar-refractivity contribution in [2.45, 2.75) is 25.7 Å². The number of Topliss-reactive ketones (excluding diaryl/α,β-unsaturated/α-hetero) is 1. The molecule has 0 bridgehead atoms. The molecule has 1 aliphatic carbocycles. The van der Waals surface area contributed by atoms with Crippen LogP contribution in [0, 0.1) is 5.92 Å². The summed E-state index contributed by atoms with van der Waals surface area (Å²) in [7, 11) is 0. The lowest BCUT2D eigenvalue weighted by Crippen LogP contribution is -2.10. The Morgan fingerprint density at radius 3 is 3.00 bits per heavy atom. The van der Waals surface area contributed by atoms with Gasteiger partial charge in [-0.15, -0.1) is 0 Å². The van der Waals surface area contributed by atoms with Gasteiger partial charge in [-0.1, -0.05) is 6.07 Å². The van der Waals surface area contributed by atoms with Gasteiger partial charge in [0.15, 0.2) is 0 Å². The molecular formula is C11H13NO. The second kappa shape index (κ2) is 3.69. The molecule has 1 aliphatic rings. The van der Waals surface area contributed by atoms with Crippen molar-refractivity contribution in [2.24, 2.45) is 5.92 Å². The number of hydrogen-bond donors (Lipinski definition) is 0. The standard InChI is InChI=1S/C11H13NO/c13-11-6-3-4-9(11)8-10-5-1-2-7-12-10/h1-2,5,7,9H,3-4,6,8H2/t9-/m1/s1. The van der Waals surface area contributed by atoms with Gasteiger partial charge in [-0.2, -0.15) is 0 Å². The highest BCUT2D eigenvalue weighted by Gasteiger charge is 2.24. The third-order valence-electron chi connectivity index (χ3n) is 2.61. The smallest absolute Gasteiger partial charge is 0.136 e. The molecule has 0 aromatic carbocycles. The Kier molecular flexibility index (Phi) is 2.39. The van der Waals surface area contributed by atoms with Gasteiger partial charge in [-0.25, -0.2) is 0 Å². The van der Waals surface area contributed by atoms with Gasteiger partial charge in [-0.3, -0.25) is 9.78 Å². The summed E-state index contributed by atoms with van der Waals surface area (Å²) in [5, 5.41) is 0. The molecule has 0 radical (unpaired) electrons. The van der Waals surface area contributed by atoms with Crippen LogP contribution in [0.25, 0.3) is 0 Å². The lowest BCUT2D eigenvalue weighted by molar-refractivity contribution is -0.120. The van der Waals surface area contributed by atoms with E-state index in [2.05, 4.69) is 4.98 Å². The SMILES string of the molecule is O=C1CCC[C@@H]1Cc1ccccn1. The van der Waals surface area contributed by atoms with E-state index in [9.17, 15) is 4.79 Å². The number of carbonyl (C=O) groups excluding carboxylic acids is 1. The zero-order valence-corrected chi connectivity index (χ0v) is 7.57. The molecule has 0 spiro atoms. The quantitative estimate of drug-likeness (QED) is 0.688. The van der Waals surface area contributed by atoms with Crippen LogP contribution in [0.2, 0.25) is 0 Å². The van der Waals surface area contributed by atoms with Crippen molar-refractivity contribution in [1.82, 2.24) is 4.98 Å². The zero-order valence-electron chi connectivity index (χ0n) is 7.57. The molecule has 2 heteroatoms. The van der Waals surface area contributed by atoms with E-state index in [1.54, 1.807) is 6.20 Å². The first-order chi connectivity index (χ1) is 6.36. The minimum absolute atomic E-state index is 0.245. The van der Waals surface area contributed by atoms with Crippen LogP contribution in [-0.2, 0) is 11.2 Å². The molecule has 1 aromatic rings. The molecule has 2 rings (SSSR count). The highest BCUT2D eigenvalue weighted by molar-refractivity contribution is 5.83. The first-order valence-electron chi connectivity index (χ1n) is 4.79. The molecule has 0 unspecified atom stereocenters. The minimum atomic E-state index is 0.245. The third-order valence-corrected chi connectivity index (χ3v) is 2.61. The van der Waals surface area contributed by atoms with E-state index in [-0.39, 0.29) is 5.92 Å². The molecule has 0 aliphatic heterocycles. The van der Waals surface area contributed by atoms with E-state index in [0.717, 1.165) is 31.4 Å². The van der Waals surface area contributed by atoms with Gasteiger partial charge in [0.1, 0.15) is 5.78 Å². The summed E-state index contributed by atoms with van der Waals surface area (Å²) >= 11 is 0. The highest BCUT2D eigenvalue weighted by atomic mass is 16.1. The van der Waals surface area contributed by atoms with Crippen molar-refractivity contribution >= 4 is 5.78 Å². The molecule has 1 aromatic heterocycles. The zero-order chi connectivity index (χ0) is 9.10. The number of pyridine rings is 1. The average molecular weight is 175 g/mol. The third kappa shape index (κ3) is 1.94. The molecule has 68 valence electrons. The second-order valence-electron chi connectivity index (χ2n) is 3.58. The average Bonchev–Trinajstić information content (AvgIpc) is 2.54. The predicted octanol–water partition coefficient (Wildman–Crippen LogP) is 1.99. The van der Waals surface area contributed by atoms with Crippen LogP contribution in [-0.4, -0.2) is 10.8 Å². The summed E-state index contributed by atoms with van der Waals surface area (Å²) in [5.74, 6) is 0.667. The molecule has 0 saturated heterocycles. The van der Waals surface area contributed by atoms with E-state index in [1.165, 1.54) is 0 Å². The molecule has 0 N–H and O–H groups in total. The maximum Gasteiger partial charge on any atom is 0.136 e. The molecule has 13 heavy (non-hydrogen) atoms. The second-order valence-corrected chi connectivity index (χ2v) is 3.58. The molecule has 1 saturated carbocycles. The van der Waals surface area contributed by atoms with Crippen LogP contribution < -0.4 is 0 Å². The normalized spacial score (nSPS) is 22.2. The number of carbonyl (C=O) groups is 1. The van der Waals surface area contributed by atoms with Gasteiger partial charge in [0.2, 0.25) is 0 Å². The lowest BCUT2D eigenvalue weighted by atomic mass is 10.0. The Bertz CT molecular complexity index is 294. The Labute approximate surface area is 78.0 Å². The van der Waals surface area contributed by atoms with Crippen molar-refractivity contribution in [2.75, 3.05) is 0 Å². The van der Waals surface area contributed by atoms with E-state index in [0.29, 0.717) is 5.78 Å². The van der Waals surface area contributed by atoms with Crippen molar-refractivity contribution in [1.29, 1.82) is 0 Å². The van der Waals surface area contributed by atoms with Crippen molar-refractivity contribution in [3.63, 3.8) is 0 Å². The van der Waals surface area contributed by atoms with Gasteiger partial charge >= 0.3 is 0 Å². The van der Waals surface area contributed by atoms with Gasteiger partial charge in [0.25, 0.3) is 0 Å². The van der Waals surface area contributed by atoms with E-state index in [4.69, 9.17) is 0 Å². The number of ketones is 1. The topological polar surface area (TPSA) is 30.0 Å². The Balaban J connectivity index is 2.02. The fourth-order valence-corrected chi connectivity index (χ4v) is 1.88. The Morgan fingerprint density at radius 2 is 2.38 bits per heavy atom. The summed E-state index contributed by atoms with van der Waals surface area (Å²) in [6.07, 6.45) is 5.51. The maximum absolute atomic E-state index is 11.4. The van der Waals surface area contributed by atoms with Crippen LogP contribution in [0.15, 0.2) is 24.4 Å². The number of rotatable bonds is 2. The van der Waals surface area contributed by atoms with Crippen LogP contribution >= 0.6 is 0 Å². The van der Waals surface area contributed by atoms with Crippen LogP contribution in [0.5, 0.6) is 0 Å². The lowest BCUT2D eigenvalue weighted by Gasteiger charge is -2.05.